The lowest BCUT2D eigenvalue weighted by atomic mass is 9.90. The third-order valence-electron chi connectivity index (χ3n) is 6.29. The molecule has 0 bridgehead atoms. The van der Waals surface area contributed by atoms with Crippen LogP contribution in [0.4, 0.5) is 17.6 Å². The van der Waals surface area contributed by atoms with Crippen molar-refractivity contribution in [3.63, 3.8) is 0 Å². The first-order chi connectivity index (χ1) is 18.5. The number of halogens is 5. The third kappa shape index (κ3) is 5.05. The van der Waals surface area contributed by atoms with Crippen molar-refractivity contribution in [3.8, 4) is 17.1 Å². The van der Waals surface area contributed by atoms with Gasteiger partial charge in [0.2, 0.25) is 0 Å². The van der Waals surface area contributed by atoms with Gasteiger partial charge in [0.1, 0.15) is 42.0 Å². The van der Waals surface area contributed by atoms with Gasteiger partial charge in [0.05, 0.1) is 39.9 Å². The summed E-state index contributed by atoms with van der Waals surface area (Å²) in [5, 5.41) is 34.7. The van der Waals surface area contributed by atoms with E-state index in [1.807, 2.05) is 0 Å². The van der Waals surface area contributed by atoms with Crippen molar-refractivity contribution in [2.45, 2.75) is 36.6 Å². The second-order valence-electron chi connectivity index (χ2n) is 8.55. The molecule has 1 aliphatic rings. The van der Waals surface area contributed by atoms with Gasteiger partial charge < -0.3 is 24.7 Å². The Bertz CT molecular complexity index is 1540. The van der Waals surface area contributed by atoms with Gasteiger partial charge in [0.25, 0.3) is 0 Å². The van der Waals surface area contributed by atoms with E-state index < -0.39 is 60.3 Å². The first-order valence-corrected chi connectivity index (χ1v) is 12.9. The number of aliphatic hydroxyl groups excluding tert-OH is 2. The van der Waals surface area contributed by atoms with E-state index in [-0.39, 0.29) is 20.7 Å². The smallest absolute Gasteiger partial charge is 0.394 e. The molecule has 0 amide bonds. The Morgan fingerprint density at radius 2 is 2.10 bits per heavy atom. The molecule has 3 N–H and O–H groups in total. The molecule has 17 heteroatoms. The Morgan fingerprint density at radius 1 is 1.33 bits per heavy atom. The number of hydrogen-bond donors (Lipinski definition) is 3. The monoisotopic (exact) mass is 634 g/mol. The van der Waals surface area contributed by atoms with E-state index >= 15 is 0 Å². The number of rotatable bonds is 6. The summed E-state index contributed by atoms with van der Waals surface area (Å²) in [6.45, 7) is -0.645. The molecule has 5 atom stereocenters. The molecule has 39 heavy (non-hydrogen) atoms. The molecular weight excluding hydrogens is 616 g/mol. The molecule has 3 aromatic heterocycles. The Labute approximate surface area is 228 Å². The molecule has 1 aromatic carbocycles. The Morgan fingerprint density at radius 3 is 2.74 bits per heavy atom. The van der Waals surface area contributed by atoms with Crippen molar-refractivity contribution in [2.75, 3.05) is 13.7 Å². The lowest BCUT2D eigenvalue weighted by Crippen LogP contribution is -2.53. The highest BCUT2D eigenvalue weighted by Gasteiger charge is 2.49. The van der Waals surface area contributed by atoms with E-state index in [1.165, 1.54) is 30.3 Å². The number of alkyl halides is 3. The van der Waals surface area contributed by atoms with Gasteiger partial charge in [-0.05, 0) is 34.1 Å². The van der Waals surface area contributed by atoms with Crippen molar-refractivity contribution in [3.05, 3.63) is 67.2 Å². The van der Waals surface area contributed by atoms with Crippen LogP contribution >= 0.6 is 27.3 Å². The van der Waals surface area contributed by atoms with E-state index in [2.05, 4.69) is 36.3 Å². The van der Waals surface area contributed by atoms with Gasteiger partial charge in [-0.15, -0.1) is 5.10 Å². The van der Waals surface area contributed by atoms with Gasteiger partial charge in [-0.2, -0.15) is 18.3 Å². The normalized spacial score (nSPS) is 23.8. The largest absolute Gasteiger partial charge is 0.418 e. The Hall–Kier alpha value is -2.96. The molecule has 4 heterocycles. The molecule has 11 nitrogen and oxygen atoms in total. The van der Waals surface area contributed by atoms with Crippen LogP contribution in [0.3, 0.4) is 0 Å². The number of aliphatic hydroxyl groups is 2. The number of methoxy groups -OCH3 is 1. The molecule has 1 aliphatic heterocycles. The minimum Gasteiger partial charge on any atom is -0.394 e. The van der Waals surface area contributed by atoms with Gasteiger partial charge >= 0.3 is 11.0 Å². The van der Waals surface area contributed by atoms with Crippen LogP contribution < -0.4 is 4.87 Å². The highest BCUT2D eigenvalue weighted by Crippen LogP contribution is 2.42. The number of hydrogen-bond acceptors (Lipinski definition) is 9. The number of benzene rings is 1. The third-order valence-corrected chi connectivity index (χ3v) is 7.56. The molecule has 0 aliphatic carbocycles. The Kier molecular flexibility index (Phi) is 7.47. The zero-order valence-corrected chi connectivity index (χ0v) is 22.1. The van der Waals surface area contributed by atoms with E-state index in [0.29, 0.717) is 11.8 Å². The van der Waals surface area contributed by atoms with Gasteiger partial charge in [-0.3, -0.25) is 4.79 Å². The van der Waals surface area contributed by atoms with Crippen molar-refractivity contribution in [2.24, 2.45) is 0 Å². The highest BCUT2D eigenvalue weighted by molar-refractivity contribution is 9.10. The van der Waals surface area contributed by atoms with Gasteiger partial charge in [0.15, 0.2) is 0 Å². The minimum atomic E-state index is -4.92. The average molecular weight is 635 g/mol. The Balaban J connectivity index is 1.60. The van der Waals surface area contributed by atoms with Gasteiger partial charge in [0, 0.05) is 18.7 Å². The molecule has 5 rings (SSSR count). The van der Waals surface area contributed by atoms with Gasteiger partial charge in [-0.25, -0.2) is 13.8 Å². The quantitative estimate of drug-likeness (QED) is 0.275. The van der Waals surface area contributed by atoms with Crippen LogP contribution in [0.15, 0.2) is 45.2 Å². The standard InChI is InChI=1S/C22H19BrF4N6O5S/c1-37-20-17(32-6-12(30-31-32)13-8-39-21(36)29-13)18(35)16(7-34)38-19(20)14-2-3-28-33(14)15-5-10(23)11(24)4-9(15)22(25,26)27/h2-6,8,16-20,34-35H,7H2,1H3,(H,29,36)/t16?,17-,18-,19-,20?/m0/s1. The summed E-state index contributed by atoms with van der Waals surface area (Å²) >= 11 is 3.85. The lowest BCUT2D eigenvalue weighted by Gasteiger charge is -2.43. The van der Waals surface area contributed by atoms with E-state index in [0.717, 1.165) is 22.1 Å². The van der Waals surface area contributed by atoms with Crippen LogP contribution in [0.5, 0.6) is 0 Å². The molecule has 208 valence electrons. The fraction of sp³-hybridized carbons (Fsp3) is 0.364. The maximum absolute atomic E-state index is 14.1. The van der Waals surface area contributed by atoms with Crippen LogP contribution in [0.1, 0.15) is 23.4 Å². The van der Waals surface area contributed by atoms with E-state index in [1.54, 1.807) is 5.38 Å². The predicted molar refractivity (Wildman–Crippen MR) is 131 cm³/mol. The fourth-order valence-electron chi connectivity index (χ4n) is 4.52. The number of thiazole rings is 1. The second-order valence-corrected chi connectivity index (χ2v) is 10.3. The lowest BCUT2D eigenvalue weighted by molar-refractivity contribution is -0.216. The van der Waals surface area contributed by atoms with E-state index in [9.17, 15) is 32.6 Å². The summed E-state index contributed by atoms with van der Waals surface area (Å²) < 4.78 is 69.3. The number of aromatic nitrogens is 6. The highest BCUT2D eigenvalue weighted by atomic mass is 79.9. The zero-order chi connectivity index (χ0) is 28.1. The second kappa shape index (κ2) is 10.5. The van der Waals surface area contributed by atoms with Crippen molar-refractivity contribution < 1.29 is 37.2 Å². The van der Waals surface area contributed by atoms with Crippen molar-refractivity contribution in [1.29, 1.82) is 0 Å². The summed E-state index contributed by atoms with van der Waals surface area (Å²) in [7, 11) is 1.31. The summed E-state index contributed by atoms with van der Waals surface area (Å²) in [5.74, 6) is -1.11. The summed E-state index contributed by atoms with van der Waals surface area (Å²) in [4.78, 5) is 13.9. The number of aromatic amines is 1. The maximum Gasteiger partial charge on any atom is 0.418 e. The average Bonchev–Trinajstić information content (AvgIpc) is 3.65. The van der Waals surface area contributed by atoms with Crippen LogP contribution in [-0.4, -0.2) is 72.0 Å². The summed E-state index contributed by atoms with van der Waals surface area (Å²) in [6, 6.07) is 1.65. The molecular formula is C22H19BrF4N6O5S. The summed E-state index contributed by atoms with van der Waals surface area (Å²) in [5.41, 5.74) is -1.01. The number of H-pyrrole nitrogens is 1. The van der Waals surface area contributed by atoms with Crippen molar-refractivity contribution in [1.82, 2.24) is 29.8 Å². The van der Waals surface area contributed by atoms with Crippen LogP contribution in [0, 0.1) is 5.82 Å². The topological polar surface area (TPSA) is 140 Å². The number of nitrogens with one attached hydrogen (secondary N) is 1. The van der Waals surface area contributed by atoms with Crippen LogP contribution in [-0.2, 0) is 15.7 Å². The predicted octanol–water partition coefficient (Wildman–Crippen LogP) is 2.85. The van der Waals surface area contributed by atoms with Crippen LogP contribution in [0.2, 0.25) is 0 Å². The molecule has 2 unspecified atom stereocenters. The minimum absolute atomic E-state index is 0.0729. The first kappa shape index (κ1) is 27.6. The first-order valence-electron chi connectivity index (χ1n) is 11.2. The number of nitrogens with zero attached hydrogens (tertiary/aromatic N) is 5. The SMILES string of the molecule is COC1[C@@H](n2cc(-c3csc(=O)[nH]3)nn2)[C@@H](O)C(CO)O[C@H]1c1ccnn1-c1cc(Br)c(F)cc1C(F)(F)F. The summed E-state index contributed by atoms with van der Waals surface area (Å²) in [6.07, 6.45) is -7.07. The van der Waals surface area contributed by atoms with Crippen molar-refractivity contribution >= 4 is 27.3 Å². The molecule has 1 fully saturated rings. The zero-order valence-electron chi connectivity index (χ0n) is 19.7. The molecule has 1 saturated heterocycles. The fourth-order valence-corrected chi connectivity index (χ4v) is 5.42. The molecule has 0 radical (unpaired) electrons. The molecule has 0 spiro atoms. The van der Waals surface area contributed by atoms with E-state index in [4.69, 9.17) is 9.47 Å². The molecule has 0 saturated carbocycles. The van der Waals surface area contributed by atoms with Crippen LogP contribution in [0.25, 0.3) is 17.1 Å². The maximum atomic E-state index is 14.1. The number of ether oxygens (including phenoxy) is 2. The molecule has 4 aromatic rings. The van der Waals surface area contributed by atoms with Gasteiger partial charge in [-0.1, -0.05) is 16.6 Å².